The summed E-state index contributed by atoms with van der Waals surface area (Å²) in [5.74, 6) is 2.60. The first-order chi connectivity index (χ1) is 9.21. The van der Waals surface area contributed by atoms with Crippen LogP contribution in [0.3, 0.4) is 0 Å². The molecule has 1 amide bonds. The smallest absolute Gasteiger partial charge is 0.258 e. The van der Waals surface area contributed by atoms with Gasteiger partial charge in [0, 0.05) is 0 Å². The Labute approximate surface area is 112 Å². The summed E-state index contributed by atoms with van der Waals surface area (Å²) in [5.41, 5.74) is 1.41. The molecule has 0 saturated heterocycles. The lowest BCUT2D eigenvalue weighted by atomic mass is 10.1. The lowest BCUT2D eigenvalue weighted by molar-refractivity contribution is -0.122. The van der Waals surface area contributed by atoms with Gasteiger partial charge in [-0.1, -0.05) is 18.0 Å². The van der Waals surface area contributed by atoms with E-state index in [0.29, 0.717) is 17.9 Å². The molecule has 0 bridgehead atoms. The SMILES string of the molecule is C#CCNC(=O)COc1ccc(/C(CC)=N/O)cc1. The zero-order valence-corrected chi connectivity index (χ0v) is 10.7. The summed E-state index contributed by atoms with van der Waals surface area (Å²) in [5, 5.41) is 14.5. The van der Waals surface area contributed by atoms with E-state index in [9.17, 15) is 4.79 Å². The summed E-state index contributed by atoms with van der Waals surface area (Å²) in [6.07, 6.45) is 5.65. The number of benzene rings is 1. The van der Waals surface area contributed by atoms with Crippen LogP contribution < -0.4 is 10.1 Å². The number of hydrogen-bond donors (Lipinski definition) is 2. The molecule has 0 heterocycles. The third-order valence-corrected chi connectivity index (χ3v) is 2.40. The van der Waals surface area contributed by atoms with E-state index in [2.05, 4.69) is 16.4 Å². The monoisotopic (exact) mass is 260 g/mol. The number of oxime groups is 1. The van der Waals surface area contributed by atoms with Gasteiger partial charge in [0.05, 0.1) is 12.3 Å². The third-order valence-electron chi connectivity index (χ3n) is 2.40. The van der Waals surface area contributed by atoms with Gasteiger partial charge in [-0.15, -0.1) is 6.42 Å². The fourth-order valence-electron chi connectivity index (χ4n) is 1.43. The summed E-state index contributed by atoms with van der Waals surface area (Å²) in [4.78, 5) is 11.3. The fraction of sp³-hybridized carbons (Fsp3) is 0.286. The first-order valence-corrected chi connectivity index (χ1v) is 5.85. The van der Waals surface area contributed by atoms with Crippen molar-refractivity contribution in [1.29, 1.82) is 0 Å². The Morgan fingerprint density at radius 2 is 2.16 bits per heavy atom. The molecule has 19 heavy (non-hydrogen) atoms. The van der Waals surface area contributed by atoms with Crippen LogP contribution in [0, 0.1) is 12.3 Å². The van der Waals surface area contributed by atoms with E-state index in [1.807, 2.05) is 6.92 Å². The van der Waals surface area contributed by atoms with Crippen molar-refractivity contribution in [2.75, 3.05) is 13.2 Å². The van der Waals surface area contributed by atoms with Crippen LogP contribution in [0.5, 0.6) is 5.75 Å². The molecule has 0 saturated carbocycles. The van der Waals surface area contributed by atoms with E-state index in [4.69, 9.17) is 16.4 Å². The highest BCUT2D eigenvalue weighted by atomic mass is 16.5. The van der Waals surface area contributed by atoms with Gasteiger partial charge in [-0.25, -0.2) is 0 Å². The van der Waals surface area contributed by atoms with Crippen LogP contribution in [0.4, 0.5) is 0 Å². The Bertz CT molecular complexity index is 486. The molecule has 2 N–H and O–H groups in total. The number of carbonyl (C=O) groups excluding carboxylic acids is 1. The summed E-state index contributed by atoms with van der Waals surface area (Å²) in [7, 11) is 0. The number of nitrogens with zero attached hydrogens (tertiary/aromatic N) is 1. The van der Waals surface area contributed by atoms with Crippen molar-refractivity contribution in [3.05, 3.63) is 29.8 Å². The Kier molecular flexibility index (Phi) is 5.96. The number of carbonyl (C=O) groups is 1. The highest BCUT2D eigenvalue weighted by Gasteiger charge is 2.04. The minimum atomic E-state index is -0.270. The second kappa shape index (κ2) is 7.77. The lowest BCUT2D eigenvalue weighted by Crippen LogP contribution is -2.29. The minimum absolute atomic E-state index is 0.0875. The maximum Gasteiger partial charge on any atom is 0.258 e. The maximum atomic E-state index is 11.3. The highest BCUT2D eigenvalue weighted by molar-refractivity contribution is 6.00. The number of ether oxygens (including phenoxy) is 1. The molecule has 0 radical (unpaired) electrons. The van der Waals surface area contributed by atoms with Crippen molar-refractivity contribution in [2.45, 2.75) is 13.3 Å². The molecular weight excluding hydrogens is 244 g/mol. The molecule has 0 atom stereocenters. The van der Waals surface area contributed by atoms with Gasteiger partial charge in [0.25, 0.3) is 5.91 Å². The molecule has 1 aromatic carbocycles. The molecule has 0 spiro atoms. The van der Waals surface area contributed by atoms with Crippen molar-refractivity contribution in [1.82, 2.24) is 5.32 Å². The predicted octanol–water partition coefficient (Wildman–Crippen LogP) is 1.40. The molecule has 0 fully saturated rings. The van der Waals surface area contributed by atoms with Crippen LogP contribution in [-0.2, 0) is 4.79 Å². The first-order valence-electron chi connectivity index (χ1n) is 5.85. The van der Waals surface area contributed by atoms with E-state index in [1.54, 1.807) is 24.3 Å². The van der Waals surface area contributed by atoms with Crippen molar-refractivity contribution in [2.24, 2.45) is 5.16 Å². The van der Waals surface area contributed by atoms with Gasteiger partial charge in [0.1, 0.15) is 5.75 Å². The zero-order chi connectivity index (χ0) is 14.1. The maximum absolute atomic E-state index is 11.3. The lowest BCUT2D eigenvalue weighted by Gasteiger charge is -2.07. The molecule has 100 valence electrons. The predicted molar refractivity (Wildman–Crippen MR) is 72.4 cm³/mol. The van der Waals surface area contributed by atoms with Gasteiger partial charge >= 0.3 is 0 Å². The summed E-state index contributed by atoms with van der Waals surface area (Å²) < 4.78 is 5.28. The molecular formula is C14H16N2O3. The van der Waals surface area contributed by atoms with Gasteiger partial charge in [0.2, 0.25) is 0 Å². The normalized spacial score (nSPS) is 10.6. The molecule has 0 aromatic heterocycles. The third kappa shape index (κ3) is 4.72. The zero-order valence-electron chi connectivity index (χ0n) is 10.7. The number of nitrogens with one attached hydrogen (secondary N) is 1. The molecule has 0 aliphatic carbocycles. The van der Waals surface area contributed by atoms with Crippen LogP contribution in [0.1, 0.15) is 18.9 Å². The quantitative estimate of drug-likeness (QED) is 0.351. The molecule has 0 aliphatic rings. The van der Waals surface area contributed by atoms with Gasteiger partial charge in [-0.05, 0) is 36.2 Å². The van der Waals surface area contributed by atoms with Gasteiger partial charge < -0.3 is 15.3 Å². The first kappa shape index (κ1) is 14.6. The molecule has 5 nitrogen and oxygen atoms in total. The van der Waals surface area contributed by atoms with Crippen molar-refractivity contribution in [3.8, 4) is 18.1 Å². The number of amides is 1. The molecule has 0 unspecified atom stereocenters. The summed E-state index contributed by atoms with van der Waals surface area (Å²) in [6.45, 7) is 2.00. The van der Waals surface area contributed by atoms with Crippen LogP contribution >= 0.6 is 0 Å². The van der Waals surface area contributed by atoms with Crippen LogP contribution in [-0.4, -0.2) is 30.0 Å². The van der Waals surface area contributed by atoms with Crippen molar-refractivity contribution < 1.29 is 14.7 Å². The molecule has 5 heteroatoms. The van der Waals surface area contributed by atoms with Gasteiger partial charge in [-0.2, -0.15) is 0 Å². The average Bonchev–Trinajstić information content (AvgIpc) is 2.45. The largest absolute Gasteiger partial charge is 0.484 e. The fourth-order valence-corrected chi connectivity index (χ4v) is 1.43. The Balaban J connectivity index is 2.54. The summed E-state index contributed by atoms with van der Waals surface area (Å²) in [6, 6.07) is 6.97. The number of rotatable bonds is 6. The Hall–Kier alpha value is -2.48. The second-order valence-electron chi connectivity index (χ2n) is 3.69. The average molecular weight is 260 g/mol. The van der Waals surface area contributed by atoms with Crippen LogP contribution in [0.2, 0.25) is 0 Å². The number of terminal acetylenes is 1. The van der Waals surface area contributed by atoms with E-state index >= 15 is 0 Å². The van der Waals surface area contributed by atoms with E-state index in [0.717, 1.165) is 5.56 Å². The van der Waals surface area contributed by atoms with Crippen LogP contribution in [0.15, 0.2) is 29.4 Å². The number of hydrogen-bond acceptors (Lipinski definition) is 4. The molecule has 0 aliphatic heterocycles. The van der Waals surface area contributed by atoms with E-state index < -0.39 is 0 Å². The minimum Gasteiger partial charge on any atom is -0.484 e. The van der Waals surface area contributed by atoms with Crippen molar-refractivity contribution >= 4 is 11.6 Å². The van der Waals surface area contributed by atoms with Gasteiger partial charge in [0.15, 0.2) is 6.61 Å². The summed E-state index contributed by atoms with van der Waals surface area (Å²) >= 11 is 0. The van der Waals surface area contributed by atoms with E-state index in [-0.39, 0.29) is 19.1 Å². The standard InChI is InChI=1S/C14H16N2O3/c1-3-9-15-14(17)10-19-12-7-5-11(6-8-12)13(4-2)16-18/h1,5-8,18H,4,9-10H2,2H3,(H,15,17)/b16-13+. The van der Waals surface area contributed by atoms with Gasteiger partial charge in [-0.3, -0.25) is 4.79 Å². The highest BCUT2D eigenvalue weighted by Crippen LogP contribution is 2.13. The molecule has 1 rings (SSSR count). The molecule has 1 aromatic rings. The Morgan fingerprint density at radius 1 is 1.47 bits per heavy atom. The second-order valence-corrected chi connectivity index (χ2v) is 3.69. The Morgan fingerprint density at radius 3 is 2.68 bits per heavy atom. The van der Waals surface area contributed by atoms with Crippen LogP contribution in [0.25, 0.3) is 0 Å². The van der Waals surface area contributed by atoms with Crippen molar-refractivity contribution in [3.63, 3.8) is 0 Å². The van der Waals surface area contributed by atoms with E-state index in [1.165, 1.54) is 0 Å². The topological polar surface area (TPSA) is 70.9 Å².